The van der Waals surface area contributed by atoms with Crippen LogP contribution in [0.1, 0.15) is 17.0 Å². The van der Waals surface area contributed by atoms with Crippen LogP contribution in [0.3, 0.4) is 0 Å². The maximum Gasteiger partial charge on any atom is 0.265 e. The summed E-state index contributed by atoms with van der Waals surface area (Å²) < 4.78 is 45.7. The van der Waals surface area contributed by atoms with Crippen LogP contribution < -0.4 is 4.72 Å². The minimum absolute atomic E-state index is 0.0667. The molecule has 1 N–H and O–H groups in total. The highest BCUT2D eigenvalue weighted by Gasteiger charge is 2.25. The molecular formula is C21H19ClFN5O2S. The first-order chi connectivity index (χ1) is 14.8. The molecular weight excluding hydrogens is 441 g/mol. The Balaban J connectivity index is 1.60. The Labute approximate surface area is 184 Å². The fourth-order valence-corrected chi connectivity index (χ4v) is 5.04. The van der Waals surface area contributed by atoms with Gasteiger partial charge in [0.25, 0.3) is 10.0 Å². The van der Waals surface area contributed by atoms with E-state index in [0.717, 1.165) is 5.69 Å². The minimum atomic E-state index is -3.92. The molecule has 0 aliphatic heterocycles. The van der Waals surface area contributed by atoms with Crippen molar-refractivity contribution in [2.45, 2.75) is 25.3 Å². The van der Waals surface area contributed by atoms with Gasteiger partial charge in [-0.3, -0.25) is 9.40 Å². The normalized spacial score (nSPS) is 11.6. The van der Waals surface area contributed by atoms with Crippen LogP contribution >= 0.6 is 11.6 Å². The Morgan fingerprint density at radius 1 is 1.10 bits per heavy atom. The summed E-state index contributed by atoms with van der Waals surface area (Å²) in [5.74, 6) is -0.454. The predicted molar refractivity (Wildman–Crippen MR) is 117 cm³/mol. The molecule has 0 aliphatic carbocycles. The number of sulfonamides is 1. The monoisotopic (exact) mass is 459 g/mol. The van der Waals surface area contributed by atoms with Crippen LogP contribution in [-0.2, 0) is 16.6 Å². The number of aromatic nitrogens is 4. The fourth-order valence-electron chi connectivity index (χ4n) is 3.39. The van der Waals surface area contributed by atoms with Gasteiger partial charge in [0.2, 0.25) is 0 Å². The summed E-state index contributed by atoms with van der Waals surface area (Å²) in [6.07, 6.45) is 2.84. The average molecular weight is 460 g/mol. The largest absolute Gasteiger partial charge is 0.276 e. The van der Waals surface area contributed by atoms with E-state index in [0.29, 0.717) is 11.4 Å². The van der Waals surface area contributed by atoms with Crippen molar-refractivity contribution >= 4 is 27.3 Å². The van der Waals surface area contributed by atoms with E-state index in [1.54, 1.807) is 24.6 Å². The lowest BCUT2D eigenvalue weighted by molar-refractivity contribution is 0.585. The standard InChI is InChI=1S/C21H19ClFN5O2S/c1-14-21(15(2)28(25-14)17-7-4-3-5-8-17)31(29,30)26-16-11-24-27(12-16)13-18-19(22)9-6-10-20(18)23/h3-12,26H,13H2,1-2H3. The molecule has 0 saturated carbocycles. The molecule has 160 valence electrons. The molecule has 0 amide bonds. The second-order valence-electron chi connectivity index (χ2n) is 6.98. The van der Waals surface area contributed by atoms with Gasteiger partial charge in [-0.05, 0) is 38.1 Å². The number of aryl methyl sites for hydroxylation is 1. The van der Waals surface area contributed by atoms with Crippen molar-refractivity contribution in [3.63, 3.8) is 0 Å². The van der Waals surface area contributed by atoms with Gasteiger partial charge in [0.15, 0.2) is 0 Å². The number of nitrogens with zero attached hydrogens (tertiary/aromatic N) is 4. The zero-order valence-electron chi connectivity index (χ0n) is 16.8. The number of hydrogen-bond donors (Lipinski definition) is 1. The SMILES string of the molecule is Cc1nn(-c2ccccc2)c(C)c1S(=O)(=O)Nc1cnn(Cc2c(F)cccc2Cl)c1. The Morgan fingerprint density at radius 3 is 2.55 bits per heavy atom. The van der Waals surface area contributed by atoms with Crippen LogP contribution in [0, 0.1) is 19.7 Å². The first-order valence-corrected chi connectivity index (χ1v) is 11.2. The van der Waals surface area contributed by atoms with Gasteiger partial charge in [0.05, 0.1) is 35.5 Å². The van der Waals surface area contributed by atoms with Crippen molar-refractivity contribution in [1.29, 1.82) is 0 Å². The van der Waals surface area contributed by atoms with Crippen LogP contribution in [0.2, 0.25) is 5.02 Å². The van der Waals surface area contributed by atoms with Gasteiger partial charge in [-0.2, -0.15) is 10.2 Å². The Morgan fingerprint density at radius 2 is 1.84 bits per heavy atom. The third-order valence-electron chi connectivity index (χ3n) is 4.76. The summed E-state index contributed by atoms with van der Waals surface area (Å²) in [7, 11) is -3.92. The number of nitrogens with one attached hydrogen (secondary N) is 1. The number of halogens is 2. The van der Waals surface area contributed by atoms with Crippen LogP contribution in [0.5, 0.6) is 0 Å². The van der Waals surface area contributed by atoms with Crippen molar-refractivity contribution in [3.05, 3.63) is 88.7 Å². The van der Waals surface area contributed by atoms with Gasteiger partial charge in [0, 0.05) is 16.8 Å². The van der Waals surface area contributed by atoms with E-state index in [4.69, 9.17) is 11.6 Å². The summed E-state index contributed by atoms with van der Waals surface area (Å²) in [5.41, 5.74) is 2.15. The van der Waals surface area contributed by atoms with E-state index in [-0.39, 0.29) is 27.7 Å². The zero-order valence-corrected chi connectivity index (χ0v) is 18.3. The van der Waals surface area contributed by atoms with Gasteiger partial charge in [-0.25, -0.2) is 17.5 Å². The third kappa shape index (κ3) is 4.19. The maximum absolute atomic E-state index is 14.0. The number of hydrogen-bond acceptors (Lipinski definition) is 4. The van der Waals surface area contributed by atoms with E-state index in [1.165, 1.54) is 29.2 Å². The lowest BCUT2D eigenvalue weighted by Crippen LogP contribution is -2.14. The first kappa shape index (κ1) is 21.1. The number of para-hydroxylation sites is 1. The van der Waals surface area contributed by atoms with Gasteiger partial charge in [-0.15, -0.1) is 0 Å². The molecule has 10 heteroatoms. The molecule has 2 aromatic carbocycles. The molecule has 7 nitrogen and oxygen atoms in total. The second kappa shape index (κ2) is 8.16. The molecule has 31 heavy (non-hydrogen) atoms. The van der Waals surface area contributed by atoms with E-state index in [2.05, 4.69) is 14.9 Å². The second-order valence-corrected chi connectivity index (χ2v) is 9.01. The molecule has 0 fully saturated rings. The number of benzene rings is 2. The summed E-state index contributed by atoms with van der Waals surface area (Å²) >= 11 is 6.06. The minimum Gasteiger partial charge on any atom is -0.276 e. The van der Waals surface area contributed by atoms with Gasteiger partial charge < -0.3 is 0 Å². The molecule has 0 radical (unpaired) electrons. The first-order valence-electron chi connectivity index (χ1n) is 9.36. The quantitative estimate of drug-likeness (QED) is 0.465. The van der Waals surface area contributed by atoms with Crippen molar-refractivity contribution in [2.24, 2.45) is 0 Å². The maximum atomic E-state index is 14.0. The summed E-state index contributed by atoms with van der Waals surface area (Å²) in [6.45, 7) is 3.41. The molecule has 0 atom stereocenters. The lowest BCUT2D eigenvalue weighted by atomic mass is 10.2. The summed E-state index contributed by atoms with van der Waals surface area (Å²) in [4.78, 5) is 0.0984. The molecule has 0 aliphatic rings. The molecule has 0 spiro atoms. The Kier molecular flexibility index (Phi) is 5.55. The van der Waals surface area contributed by atoms with Crippen LogP contribution in [0.15, 0.2) is 65.8 Å². The lowest BCUT2D eigenvalue weighted by Gasteiger charge is -2.08. The Hall–Kier alpha value is -3.17. The van der Waals surface area contributed by atoms with Gasteiger partial charge in [-0.1, -0.05) is 35.9 Å². The smallest absolute Gasteiger partial charge is 0.265 e. The van der Waals surface area contributed by atoms with Crippen molar-refractivity contribution < 1.29 is 12.8 Å². The molecule has 4 rings (SSSR count). The van der Waals surface area contributed by atoms with Crippen molar-refractivity contribution in [2.75, 3.05) is 4.72 Å². The highest BCUT2D eigenvalue weighted by Crippen LogP contribution is 2.25. The van der Waals surface area contributed by atoms with Gasteiger partial charge >= 0.3 is 0 Å². The van der Waals surface area contributed by atoms with Crippen LogP contribution in [0.4, 0.5) is 10.1 Å². The molecule has 0 bridgehead atoms. The molecule has 0 unspecified atom stereocenters. The van der Waals surface area contributed by atoms with E-state index < -0.39 is 15.8 Å². The van der Waals surface area contributed by atoms with Crippen LogP contribution in [-0.4, -0.2) is 28.0 Å². The van der Waals surface area contributed by atoms with Crippen molar-refractivity contribution in [3.8, 4) is 5.69 Å². The molecule has 2 heterocycles. The van der Waals surface area contributed by atoms with Crippen molar-refractivity contribution in [1.82, 2.24) is 19.6 Å². The topological polar surface area (TPSA) is 81.8 Å². The highest BCUT2D eigenvalue weighted by atomic mass is 35.5. The number of anilines is 1. The van der Waals surface area contributed by atoms with E-state index in [9.17, 15) is 12.8 Å². The molecule has 4 aromatic rings. The summed E-state index contributed by atoms with van der Waals surface area (Å²) in [5, 5.41) is 8.78. The van der Waals surface area contributed by atoms with Gasteiger partial charge in [0.1, 0.15) is 10.7 Å². The third-order valence-corrected chi connectivity index (χ3v) is 6.75. The zero-order chi connectivity index (χ0) is 22.2. The van der Waals surface area contributed by atoms with E-state index >= 15 is 0 Å². The molecule has 0 saturated heterocycles. The predicted octanol–water partition coefficient (Wildman–Crippen LogP) is 4.33. The highest BCUT2D eigenvalue weighted by molar-refractivity contribution is 7.92. The Bertz CT molecular complexity index is 1330. The van der Waals surface area contributed by atoms with E-state index in [1.807, 2.05) is 30.3 Å². The number of rotatable bonds is 6. The summed E-state index contributed by atoms with van der Waals surface area (Å²) in [6, 6.07) is 13.7. The van der Waals surface area contributed by atoms with Crippen LogP contribution in [0.25, 0.3) is 5.69 Å². The molecule has 2 aromatic heterocycles. The average Bonchev–Trinajstić information content (AvgIpc) is 3.28. The fraction of sp³-hybridized carbons (Fsp3) is 0.143.